The topological polar surface area (TPSA) is 151 Å². The number of hydrogen-bond acceptors (Lipinski definition) is 6. The first-order valence-electron chi connectivity index (χ1n) is 11.1. The number of allylic oxidation sites excluding steroid dienone is 2. The first-order valence-corrected chi connectivity index (χ1v) is 12.5. The first kappa shape index (κ1) is 26.6. The maximum absolute atomic E-state index is 13.2. The number of nitrogens with one attached hydrogen (secondary N) is 2. The summed E-state index contributed by atoms with van der Waals surface area (Å²) in [7, 11) is -4.12. The number of carboxylic acid groups (broad SMARTS) is 1. The standard InChI is InChI=1S/C26H28N4O5S/c1-16-10-17(2)12-20(11-16)24(15-25(31)32)30-36(34,35)23-9-5-8-22(14-23)29-26(33)19-6-4-7-21(13-19)28-18(3)27/h4-6,8-14,24,30H,3,7,15,27H2,1-2H3,(H,29,33)(H,31,32). The minimum Gasteiger partial charge on any atom is -0.481 e. The van der Waals surface area contributed by atoms with Gasteiger partial charge in [-0.1, -0.05) is 54.1 Å². The van der Waals surface area contributed by atoms with E-state index in [2.05, 4.69) is 21.6 Å². The van der Waals surface area contributed by atoms with Crippen molar-refractivity contribution < 1.29 is 23.1 Å². The van der Waals surface area contributed by atoms with Crippen molar-refractivity contribution in [3.05, 3.63) is 95.4 Å². The van der Waals surface area contributed by atoms with E-state index in [1.54, 1.807) is 36.4 Å². The van der Waals surface area contributed by atoms with E-state index in [-0.39, 0.29) is 16.4 Å². The number of sulfonamides is 1. The number of anilines is 1. The van der Waals surface area contributed by atoms with E-state index in [4.69, 9.17) is 5.73 Å². The van der Waals surface area contributed by atoms with Crippen molar-refractivity contribution >= 4 is 33.3 Å². The third kappa shape index (κ3) is 7.24. The van der Waals surface area contributed by atoms with Crippen LogP contribution in [0.3, 0.4) is 0 Å². The van der Waals surface area contributed by atoms with Crippen LogP contribution in [0.15, 0.2) is 88.6 Å². The second-order valence-corrected chi connectivity index (χ2v) is 10.2. The Bertz CT molecular complexity index is 1390. The predicted octanol–water partition coefficient (Wildman–Crippen LogP) is 3.49. The van der Waals surface area contributed by atoms with Crippen molar-refractivity contribution in [1.82, 2.24) is 4.72 Å². The molecule has 0 spiro atoms. The number of carbonyl (C=O) groups is 2. The molecule has 0 fully saturated rings. The minimum atomic E-state index is -4.12. The number of aliphatic carboxylic acids is 1. The lowest BCUT2D eigenvalue weighted by molar-refractivity contribution is -0.137. The van der Waals surface area contributed by atoms with Crippen molar-refractivity contribution in [2.24, 2.45) is 10.7 Å². The lowest BCUT2D eigenvalue weighted by Crippen LogP contribution is -2.30. The number of carboxylic acids is 1. The molecule has 36 heavy (non-hydrogen) atoms. The van der Waals surface area contributed by atoms with Gasteiger partial charge in [0.15, 0.2) is 0 Å². The molecule has 2 aromatic carbocycles. The second kappa shape index (κ2) is 11.1. The molecule has 0 saturated carbocycles. The summed E-state index contributed by atoms with van der Waals surface area (Å²) in [6.07, 6.45) is 5.05. The highest BCUT2D eigenvalue weighted by molar-refractivity contribution is 7.89. The molecular formula is C26H28N4O5S. The largest absolute Gasteiger partial charge is 0.481 e. The molecule has 9 nitrogen and oxygen atoms in total. The quantitative estimate of drug-likeness (QED) is 0.407. The summed E-state index contributed by atoms with van der Waals surface area (Å²) in [5.74, 6) is -1.47. The Morgan fingerprint density at radius 2 is 1.86 bits per heavy atom. The Labute approximate surface area is 210 Å². The highest BCUT2D eigenvalue weighted by atomic mass is 32.2. The highest BCUT2D eigenvalue weighted by Crippen LogP contribution is 2.24. The van der Waals surface area contributed by atoms with Crippen LogP contribution < -0.4 is 15.8 Å². The van der Waals surface area contributed by atoms with Crippen LogP contribution in [-0.4, -0.2) is 31.1 Å². The van der Waals surface area contributed by atoms with Crippen molar-refractivity contribution in [3.8, 4) is 0 Å². The maximum Gasteiger partial charge on any atom is 0.305 e. The number of nitrogens with two attached hydrogens (primary N) is 1. The van der Waals surface area contributed by atoms with Gasteiger partial charge in [0.2, 0.25) is 10.0 Å². The van der Waals surface area contributed by atoms with Gasteiger partial charge in [-0.15, -0.1) is 0 Å². The molecule has 0 saturated heterocycles. The molecule has 1 atom stereocenters. The Morgan fingerprint density at radius 1 is 1.17 bits per heavy atom. The molecule has 1 unspecified atom stereocenters. The molecule has 10 heteroatoms. The average molecular weight is 509 g/mol. The molecule has 0 bridgehead atoms. The van der Waals surface area contributed by atoms with Gasteiger partial charge in [-0.2, -0.15) is 0 Å². The minimum absolute atomic E-state index is 0.116. The lowest BCUT2D eigenvalue weighted by Gasteiger charge is -2.19. The SMILES string of the molecule is C=C(N)N=C1C=C(C(=O)Nc2cccc(S(=O)(=O)NC(CC(=O)O)c3cc(C)cc(C)c3)c2)C=CC1. The zero-order valence-electron chi connectivity index (χ0n) is 20.0. The summed E-state index contributed by atoms with van der Waals surface area (Å²) in [4.78, 5) is 28.2. The van der Waals surface area contributed by atoms with Crippen LogP contribution in [0.25, 0.3) is 0 Å². The molecule has 188 valence electrons. The number of benzene rings is 2. The summed E-state index contributed by atoms with van der Waals surface area (Å²) in [5.41, 5.74) is 8.99. The molecule has 0 heterocycles. The molecule has 0 aliphatic heterocycles. The normalized spacial score (nSPS) is 15.3. The van der Waals surface area contributed by atoms with Crippen molar-refractivity contribution in [1.29, 1.82) is 0 Å². The van der Waals surface area contributed by atoms with Gasteiger partial charge in [-0.25, -0.2) is 18.1 Å². The molecule has 5 N–H and O–H groups in total. The molecule has 1 amide bonds. The zero-order chi connectivity index (χ0) is 26.5. The van der Waals surface area contributed by atoms with E-state index >= 15 is 0 Å². The third-order valence-corrected chi connectivity index (χ3v) is 6.69. The predicted molar refractivity (Wildman–Crippen MR) is 139 cm³/mol. The van der Waals surface area contributed by atoms with E-state index in [1.807, 2.05) is 19.9 Å². The van der Waals surface area contributed by atoms with Gasteiger partial charge in [0.05, 0.1) is 17.4 Å². The van der Waals surface area contributed by atoms with Crippen LogP contribution in [0.2, 0.25) is 0 Å². The van der Waals surface area contributed by atoms with Crippen molar-refractivity contribution in [3.63, 3.8) is 0 Å². The van der Waals surface area contributed by atoms with E-state index in [0.717, 1.165) is 11.1 Å². The van der Waals surface area contributed by atoms with Crippen LogP contribution in [0.5, 0.6) is 0 Å². The number of aliphatic imine (C=N–C) groups is 1. The molecule has 3 rings (SSSR count). The van der Waals surface area contributed by atoms with Gasteiger partial charge in [-0.05, 0) is 43.7 Å². The van der Waals surface area contributed by atoms with Crippen LogP contribution in [0.4, 0.5) is 5.69 Å². The number of amides is 1. The van der Waals surface area contributed by atoms with Gasteiger partial charge >= 0.3 is 5.97 Å². The number of aryl methyl sites for hydroxylation is 2. The van der Waals surface area contributed by atoms with E-state index < -0.39 is 34.4 Å². The van der Waals surface area contributed by atoms with Crippen LogP contribution in [0, 0.1) is 13.8 Å². The maximum atomic E-state index is 13.2. The summed E-state index contributed by atoms with van der Waals surface area (Å²) >= 11 is 0. The fourth-order valence-corrected chi connectivity index (χ4v) is 5.08. The summed E-state index contributed by atoms with van der Waals surface area (Å²) in [5, 5.41) is 12.0. The van der Waals surface area contributed by atoms with Gasteiger partial charge in [0.25, 0.3) is 5.91 Å². The lowest BCUT2D eigenvalue weighted by atomic mass is 10.00. The Hall–Kier alpha value is -4.02. The van der Waals surface area contributed by atoms with Gasteiger partial charge in [-0.3, -0.25) is 9.59 Å². The van der Waals surface area contributed by atoms with Crippen LogP contribution >= 0.6 is 0 Å². The molecule has 1 aliphatic rings. The summed E-state index contributed by atoms with van der Waals surface area (Å²) < 4.78 is 28.9. The Kier molecular flexibility index (Phi) is 8.23. The van der Waals surface area contributed by atoms with Crippen molar-refractivity contribution in [2.45, 2.75) is 37.6 Å². The number of carbonyl (C=O) groups excluding carboxylic acids is 1. The van der Waals surface area contributed by atoms with E-state index in [0.29, 0.717) is 23.3 Å². The summed E-state index contributed by atoms with van der Waals surface area (Å²) in [6.45, 7) is 7.23. The molecule has 0 aromatic heterocycles. The highest BCUT2D eigenvalue weighted by Gasteiger charge is 2.24. The van der Waals surface area contributed by atoms with Gasteiger partial charge < -0.3 is 16.2 Å². The molecule has 0 radical (unpaired) electrons. The average Bonchev–Trinajstić information content (AvgIpc) is 2.77. The fraction of sp³-hybridized carbons (Fsp3) is 0.192. The number of nitrogens with zero attached hydrogens (tertiary/aromatic N) is 1. The van der Waals surface area contributed by atoms with Crippen LogP contribution in [0.1, 0.15) is 35.6 Å². The number of hydrogen-bond donors (Lipinski definition) is 4. The van der Waals surface area contributed by atoms with Crippen LogP contribution in [-0.2, 0) is 19.6 Å². The van der Waals surface area contributed by atoms with E-state index in [9.17, 15) is 23.1 Å². The third-order valence-electron chi connectivity index (χ3n) is 5.22. The number of rotatable bonds is 9. The molecule has 2 aromatic rings. The molecule has 1 aliphatic carbocycles. The smallest absolute Gasteiger partial charge is 0.305 e. The Balaban J connectivity index is 1.84. The summed E-state index contributed by atoms with van der Waals surface area (Å²) in [6, 6.07) is 10.2. The zero-order valence-corrected chi connectivity index (χ0v) is 20.8. The van der Waals surface area contributed by atoms with E-state index in [1.165, 1.54) is 18.2 Å². The van der Waals surface area contributed by atoms with Gasteiger partial charge in [0.1, 0.15) is 5.82 Å². The monoisotopic (exact) mass is 508 g/mol. The van der Waals surface area contributed by atoms with Gasteiger partial charge in [0, 0.05) is 23.4 Å². The second-order valence-electron chi connectivity index (χ2n) is 8.48. The molecular weight excluding hydrogens is 480 g/mol. The fourth-order valence-electron chi connectivity index (χ4n) is 3.81. The first-order chi connectivity index (χ1) is 16.9. The van der Waals surface area contributed by atoms with Crippen molar-refractivity contribution in [2.75, 3.05) is 5.32 Å². The Morgan fingerprint density at radius 3 is 2.50 bits per heavy atom.